The predicted octanol–water partition coefficient (Wildman–Crippen LogP) is 2.44. The van der Waals surface area contributed by atoms with Crippen LogP contribution in [0.3, 0.4) is 0 Å². The summed E-state index contributed by atoms with van der Waals surface area (Å²) in [5, 5.41) is 45.8. The van der Waals surface area contributed by atoms with Gasteiger partial charge in [-0.1, -0.05) is 30.3 Å². The lowest BCUT2D eigenvalue weighted by atomic mass is 9.96. The second-order valence-electron chi connectivity index (χ2n) is 9.02. The minimum atomic E-state index is -2.74. The van der Waals surface area contributed by atoms with Gasteiger partial charge in [0.2, 0.25) is 0 Å². The Morgan fingerprint density at radius 3 is 2.18 bits per heavy atom. The molecule has 2 heterocycles. The Hall–Kier alpha value is -3.58. The van der Waals surface area contributed by atoms with Crippen molar-refractivity contribution in [3.8, 4) is 0 Å². The molecule has 206 valence electrons. The largest absolute Gasteiger partial charge is 0.481 e. The van der Waals surface area contributed by atoms with E-state index in [2.05, 4.69) is 57.1 Å². The van der Waals surface area contributed by atoms with Gasteiger partial charge >= 0.3 is 17.9 Å². The van der Waals surface area contributed by atoms with Gasteiger partial charge in [0.1, 0.15) is 0 Å². The number of carboxylic acid groups (broad SMARTS) is 3. The number of imidazole rings is 1. The molecule has 0 radical (unpaired) electrons. The molecule has 0 aliphatic rings. The third-order valence-electron chi connectivity index (χ3n) is 5.52. The number of aliphatic carboxylic acids is 3. The molecule has 0 bridgehead atoms. The first-order chi connectivity index (χ1) is 17.9. The number of benzene rings is 1. The first-order valence-corrected chi connectivity index (χ1v) is 12.6. The van der Waals surface area contributed by atoms with Crippen molar-refractivity contribution in [1.82, 2.24) is 14.5 Å². The number of thiophene rings is 1. The molecule has 0 spiro atoms. The average Bonchev–Trinajstić information content (AvgIpc) is 3.42. The minimum absolute atomic E-state index is 0.356. The molecule has 0 fully saturated rings. The van der Waals surface area contributed by atoms with E-state index in [-0.39, 0.29) is 6.10 Å². The van der Waals surface area contributed by atoms with Crippen molar-refractivity contribution in [3.63, 3.8) is 0 Å². The lowest BCUT2D eigenvalue weighted by Crippen LogP contribution is -2.42. The highest BCUT2D eigenvalue weighted by Crippen LogP contribution is 2.20. The van der Waals surface area contributed by atoms with Gasteiger partial charge in [-0.15, -0.1) is 11.3 Å². The summed E-state index contributed by atoms with van der Waals surface area (Å²) in [6.45, 7) is 7.08. The fourth-order valence-electron chi connectivity index (χ4n) is 3.67. The van der Waals surface area contributed by atoms with Crippen molar-refractivity contribution in [2.45, 2.75) is 58.0 Å². The highest BCUT2D eigenvalue weighted by atomic mass is 32.1. The van der Waals surface area contributed by atoms with Crippen LogP contribution in [0.2, 0.25) is 0 Å². The van der Waals surface area contributed by atoms with Crippen LogP contribution in [0.5, 0.6) is 0 Å². The van der Waals surface area contributed by atoms with Crippen LogP contribution in [0.1, 0.15) is 41.5 Å². The van der Waals surface area contributed by atoms with Crippen LogP contribution >= 0.6 is 11.3 Å². The quantitative estimate of drug-likeness (QED) is 0.214. The topological polar surface area (TPSA) is 173 Å². The van der Waals surface area contributed by atoms with Crippen molar-refractivity contribution < 1.29 is 39.9 Å². The van der Waals surface area contributed by atoms with E-state index >= 15 is 0 Å². The van der Waals surface area contributed by atoms with Crippen molar-refractivity contribution in [3.05, 3.63) is 76.0 Å². The summed E-state index contributed by atoms with van der Waals surface area (Å²) in [5.41, 5.74) is 1.01. The maximum atomic E-state index is 10.3. The van der Waals surface area contributed by atoms with E-state index in [1.807, 2.05) is 25.5 Å². The predicted molar refractivity (Wildman–Crippen MR) is 140 cm³/mol. The maximum Gasteiger partial charge on any atom is 0.336 e. The molecule has 11 nitrogen and oxygen atoms in total. The molecule has 1 aromatic carbocycles. The van der Waals surface area contributed by atoms with Gasteiger partial charge in [0.15, 0.2) is 5.60 Å². The molecule has 1 unspecified atom stereocenters. The Labute approximate surface area is 224 Å². The number of carbonyl (C=O) groups is 3. The number of nitrogens with zero attached hydrogens (tertiary/aromatic N) is 3. The van der Waals surface area contributed by atoms with Crippen LogP contribution in [-0.4, -0.2) is 76.1 Å². The van der Waals surface area contributed by atoms with Gasteiger partial charge < -0.3 is 30.1 Å². The number of aryl methyl sites for hydroxylation is 1. The lowest BCUT2D eigenvalue weighted by Gasteiger charge is -2.24. The molecule has 0 saturated carbocycles. The number of aliphatic hydroxyl groups is 2. The second-order valence-corrected chi connectivity index (χ2v) is 10.0. The molecule has 1 atom stereocenters. The lowest BCUT2D eigenvalue weighted by molar-refractivity contribution is -0.170. The molecule has 2 aromatic heterocycles. The highest BCUT2D eigenvalue weighted by Gasteiger charge is 2.40. The van der Waals surface area contributed by atoms with Crippen LogP contribution in [0.25, 0.3) is 0 Å². The van der Waals surface area contributed by atoms with Crippen molar-refractivity contribution in [1.29, 1.82) is 0 Å². The van der Waals surface area contributed by atoms with E-state index in [1.54, 1.807) is 11.3 Å². The van der Waals surface area contributed by atoms with Gasteiger partial charge in [0.25, 0.3) is 0 Å². The summed E-state index contributed by atoms with van der Waals surface area (Å²) in [6, 6.07) is 12.6. The highest BCUT2D eigenvalue weighted by molar-refractivity contribution is 7.10. The number of rotatable bonds is 13. The van der Waals surface area contributed by atoms with Crippen molar-refractivity contribution >= 4 is 29.2 Å². The SMILES string of the molecule is Cc1ccsc1CN(Cc1cncn1Cc1ccccc1)CC(C)O.O=C(O)CC(O)(CC(=O)O)C(=O)O. The Bertz CT molecular complexity index is 1180. The van der Waals surface area contributed by atoms with Crippen LogP contribution < -0.4 is 0 Å². The summed E-state index contributed by atoms with van der Waals surface area (Å²) in [7, 11) is 0. The molecule has 12 heteroatoms. The van der Waals surface area contributed by atoms with E-state index < -0.39 is 36.4 Å². The van der Waals surface area contributed by atoms with Crippen LogP contribution in [0.4, 0.5) is 0 Å². The maximum absolute atomic E-state index is 10.3. The van der Waals surface area contributed by atoms with Gasteiger partial charge in [-0.3, -0.25) is 14.5 Å². The zero-order valence-corrected chi connectivity index (χ0v) is 22.0. The number of carboxylic acids is 3. The Morgan fingerprint density at radius 1 is 1.05 bits per heavy atom. The average molecular weight is 548 g/mol. The third kappa shape index (κ3) is 10.1. The number of aliphatic hydroxyl groups excluding tert-OH is 1. The number of aromatic nitrogens is 2. The summed E-state index contributed by atoms with van der Waals surface area (Å²) < 4.78 is 2.19. The summed E-state index contributed by atoms with van der Waals surface area (Å²) in [6.07, 6.45) is 1.17. The Morgan fingerprint density at radius 2 is 1.68 bits per heavy atom. The van der Waals surface area contributed by atoms with E-state index in [1.165, 1.54) is 21.7 Å². The van der Waals surface area contributed by atoms with Gasteiger partial charge in [-0.25, -0.2) is 9.78 Å². The van der Waals surface area contributed by atoms with E-state index in [0.717, 1.165) is 19.6 Å². The molecule has 5 N–H and O–H groups in total. The molecular formula is C26H33N3O8S. The van der Waals surface area contributed by atoms with E-state index in [0.29, 0.717) is 6.54 Å². The van der Waals surface area contributed by atoms with Crippen LogP contribution in [0.15, 0.2) is 54.3 Å². The summed E-state index contributed by atoms with van der Waals surface area (Å²) in [5.74, 6) is -5.02. The second kappa shape index (κ2) is 14.4. The van der Waals surface area contributed by atoms with E-state index in [9.17, 15) is 19.5 Å². The van der Waals surface area contributed by atoms with Crippen molar-refractivity contribution in [2.24, 2.45) is 0 Å². The molecular weight excluding hydrogens is 514 g/mol. The zero-order valence-electron chi connectivity index (χ0n) is 21.2. The summed E-state index contributed by atoms with van der Waals surface area (Å²) in [4.78, 5) is 38.5. The van der Waals surface area contributed by atoms with Gasteiger partial charge in [0.05, 0.1) is 31.0 Å². The van der Waals surface area contributed by atoms with Crippen LogP contribution in [-0.2, 0) is 34.0 Å². The standard InChI is InChI=1S/C20H25N3OS.C6H8O7/c1-16-8-9-25-20(16)14-22(11-17(2)24)13-19-10-21-15-23(19)12-18-6-4-3-5-7-18;7-3(8)1-6(13,5(11)12)2-4(9)10/h3-10,15,17,24H,11-14H2,1-2H3;13H,1-2H2,(H,7,8)(H,9,10)(H,11,12). The zero-order chi connectivity index (χ0) is 28.3. The third-order valence-corrected chi connectivity index (χ3v) is 6.53. The monoisotopic (exact) mass is 547 g/mol. The number of hydrogen-bond acceptors (Lipinski definition) is 8. The number of hydrogen-bond donors (Lipinski definition) is 5. The van der Waals surface area contributed by atoms with Gasteiger partial charge in [-0.2, -0.15) is 0 Å². The fourth-order valence-corrected chi connectivity index (χ4v) is 4.62. The van der Waals surface area contributed by atoms with Crippen LogP contribution in [0, 0.1) is 6.92 Å². The van der Waals surface area contributed by atoms with E-state index in [4.69, 9.17) is 20.4 Å². The van der Waals surface area contributed by atoms with Crippen molar-refractivity contribution in [2.75, 3.05) is 6.54 Å². The summed E-state index contributed by atoms with van der Waals surface area (Å²) >= 11 is 1.78. The van der Waals surface area contributed by atoms with Gasteiger partial charge in [0, 0.05) is 37.3 Å². The molecule has 3 aromatic rings. The van der Waals surface area contributed by atoms with Gasteiger partial charge in [-0.05, 0) is 36.4 Å². The fraction of sp³-hybridized carbons (Fsp3) is 0.385. The first kappa shape index (κ1) is 30.6. The molecule has 0 aliphatic carbocycles. The first-order valence-electron chi connectivity index (χ1n) is 11.7. The molecule has 3 rings (SSSR count). The Kier molecular flexibility index (Phi) is 11.6. The molecule has 0 amide bonds. The molecule has 0 saturated heterocycles. The molecule has 0 aliphatic heterocycles. The molecule has 38 heavy (non-hydrogen) atoms. The Balaban J connectivity index is 0.000000332. The smallest absolute Gasteiger partial charge is 0.336 e. The minimum Gasteiger partial charge on any atom is -0.481 e. The normalized spacial score (nSPS) is 12.0.